The molecule has 0 aliphatic carbocycles. The van der Waals surface area contributed by atoms with Crippen LogP contribution in [0.1, 0.15) is 24.5 Å². The van der Waals surface area contributed by atoms with Crippen molar-refractivity contribution in [2.75, 3.05) is 64.4 Å². The van der Waals surface area contributed by atoms with Gasteiger partial charge in [-0.15, -0.1) is 0 Å². The van der Waals surface area contributed by atoms with Gasteiger partial charge in [0.15, 0.2) is 5.05 Å². The molecule has 1 fully saturated rings. The average Bonchev–Trinajstić information content (AvgIpc) is 3.01. The van der Waals surface area contributed by atoms with E-state index >= 15 is 0 Å². The van der Waals surface area contributed by atoms with Gasteiger partial charge in [0.25, 0.3) is 0 Å². The molecule has 0 amide bonds. The first-order valence-electron chi connectivity index (χ1n) is 14.7. The van der Waals surface area contributed by atoms with Gasteiger partial charge in [-0.1, -0.05) is 43.0 Å². The van der Waals surface area contributed by atoms with Crippen LogP contribution in [0.25, 0.3) is 0 Å². The minimum absolute atomic E-state index is 0.151. The number of piperazine rings is 1. The Kier molecular flexibility index (Phi) is 10.5. The van der Waals surface area contributed by atoms with E-state index in [1.165, 1.54) is 29.5 Å². The second-order valence-corrected chi connectivity index (χ2v) is 12.5. The lowest BCUT2D eigenvalue weighted by Gasteiger charge is -2.36. The van der Waals surface area contributed by atoms with Gasteiger partial charge in [-0.05, 0) is 79.6 Å². The molecule has 2 aliphatic rings. The van der Waals surface area contributed by atoms with Crippen LogP contribution in [0.3, 0.4) is 0 Å². The summed E-state index contributed by atoms with van der Waals surface area (Å²) >= 11 is 7.08. The molecule has 1 saturated heterocycles. The number of anilines is 2. The maximum atomic E-state index is 13.5. The molecular formula is C33H38F3N3O2S2. The number of ether oxygens (including phenoxy) is 2. The Bertz CT molecular complexity index is 1380. The number of hydrogen-bond acceptors (Lipinski definition) is 7. The Morgan fingerprint density at radius 1 is 0.884 bits per heavy atom. The average molecular weight is 630 g/mol. The number of para-hydroxylation sites is 1. The van der Waals surface area contributed by atoms with Crippen molar-refractivity contribution < 1.29 is 22.6 Å². The molecule has 2 aliphatic heterocycles. The molecule has 5 nitrogen and oxygen atoms in total. The zero-order chi connectivity index (χ0) is 30.4. The highest BCUT2D eigenvalue weighted by atomic mass is 32.2. The number of rotatable bonds is 11. The first-order valence-corrected chi connectivity index (χ1v) is 15.9. The van der Waals surface area contributed by atoms with Crippen molar-refractivity contribution in [3.63, 3.8) is 0 Å². The third kappa shape index (κ3) is 8.23. The number of nitrogens with zero attached hydrogens (tertiary/aromatic N) is 3. The highest BCUT2D eigenvalue weighted by molar-refractivity contribution is 7.99. The lowest BCUT2D eigenvalue weighted by Crippen LogP contribution is -2.47. The summed E-state index contributed by atoms with van der Waals surface area (Å²) in [5, 5.41) is 0.649. The Morgan fingerprint density at radius 2 is 1.56 bits per heavy atom. The highest BCUT2D eigenvalue weighted by Crippen LogP contribution is 2.49. The molecule has 3 aromatic rings. The van der Waals surface area contributed by atoms with Crippen LogP contribution in [0.2, 0.25) is 0 Å². The van der Waals surface area contributed by atoms with Gasteiger partial charge in [-0.25, -0.2) is 0 Å². The molecular weight excluding hydrogens is 592 g/mol. The third-order valence-corrected chi connectivity index (χ3v) is 9.68. The Balaban J connectivity index is 1.05. The molecule has 0 N–H and O–H groups in total. The summed E-state index contributed by atoms with van der Waals surface area (Å²) in [6, 6.07) is 20.1. The molecule has 5 rings (SSSR count). The van der Waals surface area contributed by atoms with Crippen molar-refractivity contribution >= 4 is 40.4 Å². The molecule has 230 valence electrons. The number of fused-ring (bicyclic) bond motifs is 2. The van der Waals surface area contributed by atoms with E-state index in [0.717, 1.165) is 73.3 Å². The van der Waals surface area contributed by atoms with Crippen LogP contribution >= 0.6 is 24.0 Å². The van der Waals surface area contributed by atoms with Gasteiger partial charge in [0.1, 0.15) is 12.4 Å². The zero-order valence-electron chi connectivity index (χ0n) is 24.6. The minimum atomic E-state index is -4.37. The minimum Gasteiger partial charge on any atom is -0.497 e. The van der Waals surface area contributed by atoms with Crippen molar-refractivity contribution in [1.29, 1.82) is 0 Å². The summed E-state index contributed by atoms with van der Waals surface area (Å²) in [4.78, 5) is 8.83. The van der Waals surface area contributed by atoms with Crippen molar-refractivity contribution in [2.45, 2.75) is 35.7 Å². The van der Waals surface area contributed by atoms with E-state index in [1.54, 1.807) is 13.2 Å². The molecule has 0 radical (unpaired) electrons. The summed E-state index contributed by atoms with van der Waals surface area (Å²) in [5.41, 5.74) is 2.21. The lowest BCUT2D eigenvalue weighted by molar-refractivity contribution is -0.137. The van der Waals surface area contributed by atoms with Gasteiger partial charge in [0, 0.05) is 55.0 Å². The first-order chi connectivity index (χ1) is 20.7. The number of alkyl halides is 3. The van der Waals surface area contributed by atoms with Gasteiger partial charge in [-0.3, -0.25) is 4.90 Å². The fourth-order valence-corrected chi connectivity index (χ4v) is 6.79. The van der Waals surface area contributed by atoms with E-state index in [9.17, 15) is 13.2 Å². The summed E-state index contributed by atoms with van der Waals surface area (Å²) in [7, 11) is 1.66. The van der Waals surface area contributed by atoms with E-state index in [-0.39, 0.29) is 5.92 Å². The summed E-state index contributed by atoms with van der Waals surface area (Å²) in [6.45, 7) is 8.90. The number of methoxy groups -OCH3 is 1. The van der Waals surface area contributed by atoms with Crippen molar-refractivity contribution in [3.05, 3.63) is 77.9 Å². The monoisotopic (exact) mass is 629 g/mol. The van der Waals surface area contributed by atoms with E-state index in [0.29, 0.717) is 23.9 Å². The largest absolute Gasteiger partial charge is 0.497 e. The maximum Gasteiger partial charge on any atom is 0.416 e. The number of thiocarbonyl (C=S) groups is 1. The molecule has 0 aromatic heterocycles. The predicted molar refractivity (Wildman–Crippen MR) is 171 cm³/mol. The zero-order valence-corrected chi connectivity index (χ0v) is 26.2. The quantitative estimate of drug-likeness (QED) is 0.202. The van der Waals surface area contributed by atoms with Crippen molar-refractivity contribution in [3.8, 4) is 5.75 Å². The Morgan fingerprint density at radius 3 is 2.26 bits per heavy atom. The van der Waals surface area contributed by atoms with Crippen LogP contribution in [-0.2, 0) is 17.3 Å². The summed E-state index contributed by atoms with van der Waals surface area (Å²) in [6.07, 6.45) is -2.68. The van der Waals surface area contributed by atoms with Crippen LogP contribution in [0.5, 0.6) is 5.75 Å². The molecule has 2 heterocycles. The maximum absolute atomic E-state index is 13.5. The van der Waals surface area contributed by atoms with Crippen molar-refractivity contribution in [2.24, 2.45) is 5.92 Å². The summed E-state index contributed by atoms with van der Waals surface area (Å²) in [5.74, 6) is 0.994. The highest BCUT2D eigenvalue weighted by Gasteiger charge is 2.33. The van der Waals surface area contributed by atoms with E-state index in [1.807, 2.05) is 36.4 Å². The lowest BCUT2D eigenvalue weighted by atomic mass is 10.0. The van der Waals surface area contributed by atoms with Gasteiger partial charge < -0.3 is 19.3 Å². The van der Waals surface area contributed by atoms with Gasteiger partial charge in [-0.2, -0.15) is 13.2 Å². The van der Waals surface area contributed by atoms with Crippen LogP contribution in [-0.4, -0.2) is 74.4 Å². The number of hydrogen-bond donors (Lipinski definition) is 0. The standard InChI is InChI=1S/C33H38F3N3O2S2/c1-24(22-25-8-11-27(40-2)12-9-25)32(42)41-21-20-38-18-16-37(17-19-38)14-5-15-39-28-6-3-4-7-30(28)43-31-13-10-26(23-29(31)39)33(34,35)36/h3-4,6-13,23-24H,5,14-22H2,1-2H3. The second-order valence-electron chi connectivity index (χ2n) is 11.1. The molecule has 10 heteroatoms. The van der Waals surface area contributed by atoms with E-state index < -0.39 is 11.7 Å². The normalized spacial score (nSPS) is 16.3. The Labute approximate surface area is 261 Å². The smallest absolute Gasteiger partial charge is 0.416 e. The molecule has 3 aromatic carbocycles. The fourth-order valence-electron chi connectivity index (χ4n) is 5.55. The molecule has 0 saturated carbocycles. The molecule has 1 atom stereocenters. The predicted octanol–water partition coefficient (Wildman–Crippen LogP) is 7.55. The van der Waals surface area contributed by atoms with Gasteiger partial charge in [0.05, 0.1) is 24.0 Å². The topological polar surface area (TPSA) is 28.2 Å². The van der Waals surface area contributed by atoms with E-state index in [4.69, 9.17) is 21.7 Å². The molecule has 43 heavy (non-hydrogen) atoms. The molecule has 0 spiro atoms. The van der Waals surface area contributed by atoms with Crippen LogP contribution < -0.4 is 9.64 Å². The molecule has 1 unspecified atom stereocenters. The van der Waals surface area contributed by atoms with Gasteiger partial charge in [0.2, 0.25) is 0 Å². The van der Waals surface area contributed by atoms with Crippen LogP contribution in [0, 0.1) is 5.92 Å². The van der Waals surface area contributed by atoms with Crippen molar-refractivity contribution in [1.82, 2.24) is 9.80 Å². The fraction of sp³-hybridized carbons (Fsp3) is 0.424. The molecule has 0 bridgehead atoms. The SMILES string of the molecule is COc1ccc(CC(C)C(=S)OCCN2CCN(CCCN3c4ccccc4Sc4ccc(C(F)(F)F)cc43)CC2)cc1. The summed E-state index contributed by atoms with van der Waals surface area (Å²) < 4.78 is 51.7. The third-order valence-electron chi connectivity index (χ3n) is 8.03. The van der Waals surface area contributed by atoms with Crippen LogP contribution in [0.4, 0.5) is 24.5 Å². The second kappa shape index (κ2) is 14.3. The van der Waals surface area contributed by atoms with Gasteiger partial charge >= 0.3 is 6.18 Å². The number of benzene rings is 3. The van der Waals surface area contributed by atoms with E-state index in [2.05, 4.69) is 33.8 Å². The first kappa shape index (κ1) is 31.6. The van der Waals surface area contributed by atoms with Crippen LogP contribution in [0.15, 0.2) is 76.5 Å². The Hall–Kier alpha value is -2.79. The number of halogens is 3.